The fourth-order valence-electron chi connectivity index (χ4n) is 3.69. The van der Waals surface area contributed by atoms with E-state index in [4.69, 9.17) is 9.47 Å². The van der Waals surface area contributed by atoms with Crippen LogP contribution in [0.3, 0.4) is 0 Å². The summed E-state index contributed by atoms with van der Waals surface area (Å²) in [6, 6.07) is 6.01. The Hall–Kier alpha value is -2.62. The van der Waals surface area contributed by atoms with Gasteiger partial charge in [-0.15, -0.1) is 0 Å². The highest BCUT2D eigenvalue weighted by atomic mass is 16.7. The van der Waals surface area contributed by atoms with Gasteiger partial charge in [0.05, 0.1) is 26.1 Å². The van der Waals surface area contributed by atoms with Crippen LogP contribution in [0, 0.1) is 30.1 Å². The molecule has 3 aliphatic rings. The van der Waals surface area contributed by atoms with Crippen molar-refractivity contribution >= 4 is 11.6 Å². The number of anilines is 1. The summed E-state index contributed by atoms with van der Waals surface area (Å²) in [7, 11) is 1.78. The molecule has 0 radical (unpaired) electrons. The average Bonchev–Trinajstić information content (AvgIpc) is 3.68. The number of ether oxygens (including phenoxy) is 2. The zero-order valence-electron chi connectivity index (χ0n) is 17.6. The van der Waals surface area contributed by atoms with Crippen LogP contribution in [-0.2, 0) is 16.0 Å². The van der Waals surface area contributed by atoms with Gasteiger partial charge in [0.1, 0.15) is 5.69 Å². The van der Waals surface area contributed by atoms with Gasteiger partial charge in [0.2, 0.25) is 0 Å². The Morgan fingerprint density at radius 1 is 1.30 bits per heavy atom. The molecule has 1 aromatic carbocycles. The maximum Gasteiger partial charge on any atom is 0.278 e. The molecular formula is C24H27N3O3. The highest BCUT2D eigenvalue weighted by Gasteiger charge is 2.46. The second-order valence-corrected chi connectivity index (χ2v) is 8.92. The molecule has 6 heteroatoms. The summed E-state index contributed by atoms with van der Waals surface area (Å²) in [5.41, 5.74) is 3.50. The molecule has 0 bridgehead atoms. The Morgan fingerprint density at radius 3 is 2.77 bits per heavy atom. The van der Waals surface area contributed by atoms with Gasteiger partial charge in [0.25, 0.3) is 5.91 Å². The lowest BCUT2D eigenvalue weighted by Gasteiger charge is -2.29. The molecule has 1 aliphatic heterocycles. The molecule has 1 spiro atoms. The molecule has 2 saturated carbocycles. The minimum atomic E-state index is -0.282. The molecule has 0 atom stereocenters. The lowest BCUT2D eigenvalue weighted by atomic mass is 10.1. The highest BCUT2D eigenvalue weighted by molar-refractivity contribution is 6.04. The molecule has 3 fully saturated rings. The first-order valence-electron chi connectivity index (χ1n) is 10.7. The van der Waals surface area contributed by atoms with E-state index in [0.29, 0.717) is 18.2 Å². The monoisotopic (exact) mass is 405 g/mol. The molecular weight excluding hydrogens is 378 g/mol. The summed E-state index contributed by atoms with van der Waals surface area (Å²) in [5, 5.41) is 0. The van der Waals surface area contributed by atoms with E-state index in [1.165, 1.54) is 25.7 Å². The molecule has 5 rings (SSSR count). The summed E-state index contributed by atoms with van der Waals surface area (Å²) < 4.78 is 13.5. The predicted molar refractivity (Wildman–Crippen MR) is 113 cm³/mol. The molecule has 1 amide bonds. The smallest absolute Gasteiger partial charge is 0.278 e. The van der Waals surface area contributed by atoms with Crippen LogP contribution in [0.15, 0.2) is 30.7 Å². The largest absolute Gasteiger partial charge is 0.350 e. The van der Waals surface area contributed by atoms with Crippen molar-refractivity contribution in [3.05, 3.63) is 47.5 Å². The summed E-state index contributed by atoms with van der Waals surface area (Å²) in [5.74, 6) is 6.91. The minimum Gasteiger partial charge on any atom is -0.350 e. The van der Waals surface area contributed by atoms with E-state index in [0.717, 1.165) is 30.0 Å². The first-order chi connectivity index (χ1) is 14.5. The van der Waals surface area contributed by atoms with Crippen LogP contribution in [0.2, 0.25) is 0 Å². The Labute approximate surface area is 177 Å². The van der Waals surface area contributed by atoms with Crippen molar-refractivity contribution in [3.8, 4) is 11.8 Å². The van der Waals surface area contributed by atoms with Gasteiger partial charge in [0, 0.05) is 35.8 Å². The zero-order chi connectivity index (χ0) is 20.7. The number of benzene rings is 1. The van der Waals surface area contributed by atoms with E-state index in [1.807, 2.05) is 29.7 Å². The second-order valence-electron chi connectivity index (χ2n) is 8.92. The second kappa shape index (κ2) is 7.57. The van der Waals surface area contributed by atoms with Crippen molar-refractivity contribution < 1.29 is 14.3 Å². The Balaban J connectivity index is 1.25. The lowest BCUT2D eigenvalue weighted by molar-refractivity contribution is -0.212. The van der Waals surface area contributed by atoms with Gasteiger partial charge >= 0.3 is 0 Å². The Bertz CT molecular complexity index is 1010. The van der Waals surface area contributed by atoms with Gasteiger partial charge in [-0.25, -0.2) is 4.98 Å². The number of aryl methyl sites for hydroxylation is 1. The molecule has 0 N–H and O–H groups in total. The predicted octanol–water partition coefficient (Wildman–Crippen LogP) is 3.38. The van der Waals surface area contributed by atoms with Gasteiger partial charge in [-0.05, 0) is 50.3 Å². The zero-order valence-corrected chi connectivity index (χ0v) is 17.6. The number of carbonyl (C=O) groups excluding carboxylic acids is 1. The summed E-state index contributed by atoms with van der Waals surface area (Å²) in [4.78, 5) is 19.0. The van der Waals surface area contributed by atoms with Crippen LogP contribution in [0.4, 0.5) is 5.69 Å². The Morgan fingerprint density at radius 2 is 2.07 bits per heavy atom. The van der Waals surface area contributed by atoms with Crippen LogP contribution < -0.4 is 4.90 Å². The van der Waals surface area contributed by atoms with Crippen molar-refractivity contribution in [1.29, 1.82) is 0 Å². The van der Waals surface area contributed by atoms with Crippen molar-refractivity contribution in [2.75, 3.05) is 25.2 Å². The maximum absolute atomic E-state index is 13.0. The van der Waals surface area contributed by atoms with Gasteiger partial charge < -0.3 is 18.9 Å². The van der Waals surface area contributed by atoms with Crippen molar-refractivity contribution in [1.82, 2.24) is 9.55 Å². The average molecular weight is 405 g/mol. The van der Waals surface area contributed by atoms with Crippen LogP contribution in [0.1, 0.15) is 47.3 Å². The Kier molecular flexibility index (Phi) is 4.88. The van der Waals surface area contributed by atoms with Crippen LogP contribution in [0.25, 0.3) is 0 Å². The van der Waals surface area contributed by atoms with Gasteiger partial charge in [0.15, 0.2) is 6.29 Å². The molecule has 2 aliphatic carbocycles. The maximum atomic E-state index is 13.0. The van der Waals surface area contributed by atoms with Gasteiger partial charge in [-0.3, -0.25) is 4.79 Å². The number of carbonyl (C=O) groups is 1. The molecule has 0 unspecified atom stereocenters. The third-order valence-corrected chi connectivity index (χ3v) is 6.19. The highest BCUT2D eigenvalue weighted by Crippen LogP contribution is 2.48. The van der Waals surface area contributed by atoms with Crippen molar-refractivity contribution in [2.24, 2.45) is 11.3 Å². The van der Waals surface area contributed by atoms with Crippen LogP contribution in [-0.4, -0.2) is 42.0 Å². The molecule has 2 heterocycles. The molecule has 1 aromatic heterocycles. The number of hydrogen-bond acceptors (Lipinski definition) is 4. The standard InChI is InChI=1S/C24H27N3O3/c1-17-3-4-19(8-7-18-5-6-18)11-21(17)26(2)23(28)20-12-27(16-25-20)13-22-29-14-24(9-10-24)15-30-22/h3-4,11-12,16,18,22H,5-6,9-10,13-15H2,1-2H3. The number of hydrogen-bond donors (Lipinski definition) is 0. The number of aromatic nitrogens is 2. The van der Waals surface area contributed by atoms with Crippen LogP contribution >= 0.6 is 0 Å². The van der Waals surface area contributed by atoms with E-state index in [2.05, 4.69) is 16.8 Å². The van der Waals surface area contributed by atoms with Gasteiger partial charge in [-0.2, -0.15) is 0 Å². The van der Waals surface area contributed by atoms with Crippen molar-refractivity contribution in [2.45, 2.75) is 45.4 Å². The van der Waals surface area contributed by atoms with E-state index in [-0.39, 0.29) is 17.6 Å². The van der Waals surface area contributed by atoms with E-state index in [9.17, 15) is 4.79 Å². The molecule has 30 heavy (non-hydrogen) atoms. The molecule has 1 saturated heterocycles. The topological polar surface area (TPSA) is 56.6 Å². The number of imidazole rings is 1. The number of nitrogens with zero attached hydrogens (tertiary/aromatic N) is 3. The van der Waals surface area contributed by atoms with E-state index in [1.54, 1.807) is 24.5 Å². The number of amides is 1. The van der Waals surface area contributed by atoms with Crippen LogP contribution in [0.5, 0.6) is 0 Å². The van der Waals surface area contributed by atoms with E-state index >= 15 is 0 Å². The minimum absolute atomic E-state index is 0.147. The summed E-state index contributed by atoms with van der Waals surface area (Å²) in [6.07, 6.45) is 7.94. The fourth-order valence-corrected chi connectivity index (χ4v) is 3.69. The van der Waals surface area contributed by atoms with Crippen molar-refractivity contribution in [3.63, 3.8) is 0 Å². The lowest BCUT2D eigenvalue weighted by Crippen LogP contribution is -2.35. The molecule has 6 nitrogen and oxygen atoms in total. The summed E-state index contributed by atoms with van der Waals surface area (Å²) in [6.45, 7) is 4.06. The number of rotatable bonds is 4. The third kappa shape index (κ3) is 4.14. The van der Waals surface area contributed by atoms with E-state index < -0.39 is 0 Å². The van der Waals surface area contributed by atoms with Gasteiger partial charge in [-0.1, -0.05) is 17.9 Å². The first kappa shape index (κ1) is 19.3. The molecule has 156 valence electrons. The third-order valence-electron chi connectivity index (χ3n) is 6.19. The first-order valence-corrected chi connectivity index (χ1v) is 10.7. The SMILES string of the molecule is Cc1ccc(C#CC2CC2)cc1N(C)C(=O)c1cn(CC2OCC3(CC3)CO2)cn1. The quantitative estimate of drug-likeness (QED) is 0.732. The summed E-state index contributed by atoms with van der Waals surface area (Å²) >= 11 is 0. The fraction of sp³-hybridized carbons (Fsp3) is 0.500. The molecule has 2 aromatic rings. The normalized spacial score (nSPS) is 19.9.